The number of benzene rings is 1. The third-order valence-corrected chi connectivity index (χ3v) is 3.45. The van der Waals surface area contributed by atoms with Gasteiger partial charge in [-0.3, -0.25) is 9.59 Å². The van der Waals surface area contributed by atoms with Gasteiger partial charge in [0.05, 0.1) is 0 Å². The highest BCUT2D eigenvalue weighted by atomic mass is 16.2. The van der Waals surface area contributed by atoms with Crippen LogP contribution in [0.25, 0.3) is 0 Å². The molecule has 110 valence electrons. The van der Waals surface area contributed by atoms with E-state index >= 15 is 0 Å². The number of hydrogen-bond donors (Lipinski definition) is 2. The monoisotopic (exact) mass is 276 g/mol. The van der Waals surface area contributed by atoms with Crippen LogP contribution in [0.1, 0.15) is 55.5 Å². The van der Waals surface area contributed by atoms with Crippen molar-refractivity contribution in [2.24, 2.45) is 11.7 Å². The summed E-state index contributed by atoms with van der Waals surface area (Å²) >= 11 is 0. The molecule has 0 saturated carbocycles. The second-order valence-corrected chi connectivity index (χ2v) is 5.03. The molecule has 0 aliphatic rings. The molecule has 1 atom stereocenters. The van der Waals surface area contributed by atoms with E-state index in [0.29, 0.717) is 12.1 Å². The summed E-state index contributed by atoms with van der Waals surface area (Å²) in [6.45, 7) is 4.59. The molecule has 1 aromatic rings. The highest BCUT2D eigenvalue weighted by Gasteiger charge is 2.15. The Bertz CT molecular complexity index is 458. The maximum atomic E-state index is 12.1. The van der Waals surface area contributed by atoms with Crippen molar-refractivity contribution in [3.63, 3.8) is 0 Å². The molecule has 3 N–H and O–H groups in total. The minimum absolute atomic E-state index is 0.0780. The van der Waals surface area contributed by atoms with Gasteiger partial charge in [0.25, 0.3) is 0 Å². The van der Waals surface area contributed by atoms with E-state index in [1.807, 2.05) is 13.0 Å². The van der Waals surface area contributed by atoms with Gasteiger partial charge in [-0.25, -0.2) is 0 Å². The molecule has 4 nitrogen and oxygen atoms in total. The van der Waals surface area contributed by atoms with E-state index in [1.54, 1.807) is 18.2 Å². The lowest BCUT2D eigenvalue weighted by atomic mass is 9.98. The number of carbonyl (C=O) groups excluding carboxylic acids is 2. The van der Waals surface area contributed by atoms with Crippen molar-refractivity contribution in [3.8, 4) is 0 Å². The molecule has 0 aromatic heterocycles. The first kappa shape index (κ1) is 16.2. The maximum Gasteiger partial charge on any atom is 0.248 e. The SMILES string of the molecule is CCCCC(CC)C(=O)NCc1cccc(C(N)=O)c1. The second kappa shape index (κ2) is 8.35. The van der Waals surface area contributed by atoms with E-state index in [2.05, 4.69) is 12.2 Å². The summed E-state index contributed by atoms with van der Waals surface area (Å²) in [5.41, 5.74) is 6.59. The number of amides is 2. The van der Waals surface area contributed by atoms with Crippen LogP contribution in [0.3, 0.4) is 0 Å². The zero-order chi connectivity index (χ0) is 15.0. The van der Waals surface area contributed by atoms with E-state index in [9.17, 15) is 9.59 Å². The van der Waals surface area contributed by atoms with Crippen molar-refractivity contribution in [1.82, 2.24) is 5.32 Å². The van der Waals surface area contributed by atoms with E-state index in [1.165, 1.54) is 0 Å². The van der Waals surface area contributed by atoms with Gasteiger partial charge in [0, 0.05) is 18.0 Å². The molecule has 1 aromatic carbocycles. The van der Waals surface area contributed by atoms with Crippen LogP contribution in [0.2, 0.25) is 0 Å². The molecule has 0 saturated heterocycles. The first-order valence-electron chi connectivity index (χ1n) is 7.24. The van der Waals surface area contributed by atoms with E-state index in [-0.39, 0.29) is 11.8 Å². The fourth-order valence-corrected chi connectivity index (χ4v) is 2.14. The van der Waals surface area contributed by atoms with Crippen LogP contribution in [0, 0.1) is 5.92 Å². The van der Waals surface area contributed by atoms with Crippen molar-refractivity contribution in [3.05, 3.63) is 35.4 Å². The van der Waals surface area contributed by atoms with Crippen molar-refractivity contribution < 1.29 is 9.59 Å². The second-order valence-electron chi connectivity index (χ2n) is 5.03. The summed E-state index contributed by atoms with van der Waals surface area (Å²) in [7, 11) is 0. The fourth-order valence-electron chi connectivity index (χ4n) is 2.14. The molecule has 1 rings (SSSR count). The van der Waals surface area contributed by atoms with Crippen LogP contribution < -0.4 is 11.1 Å². The lowest BCUT2D eigenvalue weighted by molar-refractivity contribution is -0.125. The van der Waals surface area contributed by atoms with Gasteiger partial charge in [0.15, 0.2) is 0 Å². The predicted octanol–water partition coefficient (Wildman–Crippen LogP) is 2.62. The third kappa shape index (κ3) is 5.03. The minimum atomic E-state index is -0.451. The van der Waals surface area contributed by atoms with Gasteiger partial charge in [0.2, 0.25) is 11.8 Å². The van der Waals surface area contributed by atoms with Crippen molar-refractivity contribution in [2.45, 2.75) is 46.1 Å². The highest BCUT2D eigenvalue weighted by Crippen LogP contribution is 2.13. The van der Waals surface area contributed by atoms with Crippen LogP contribution in [-0.2, 0) is 11.3 Å². The number of nitrogens with two attached hydrogens (primary N) is 1. The zero-order valence-corrected chi connectivity index (χ0v) is 12.3. The Morgan fingerprint density at radius 3 is 2.65 bits per heavy atom. The summed E-state index contributed by atoms with van der Waals surface area (Å²) in [4.78, 5) is 23.2. The number of carbonyl (C=O) groups is 2. The average molecular weight is 276 g/mol. The van der Waals surface area contributed by atoms with Crippen LogP contribution in [0.4, 0.5) is 0 Å². The predicted molar refractivity (Wildman–Crippen MR) is 80.1 cm³/mol. The number of hydrogen-bond acceptors (Lipinski definition) is 2. The molecule has 0 aliphatic heterocycles. The number of nitrogens with one attached hydrogen (secondary N) is 1. The third-order valence-electron chi connectivity index (χ3n) is 3.45. The molecule has 0 fully saturated rings. The molecule has 1 unspecified atom stereocenters. The zero-order valence-electron chi connectivity index (χ0n) is 12.3. The van der Waals surface area contributed by atoms with Gasteiger partial charge in [-0.1, -0.05) is 38.8 Å². The molecule has 0 bridgehead atoms. The summed E-state index contributed by atoms with van der Waals surface area (Å²) in [5, 5.41) is 2.93. The molecule has 0 heterocycles. The summed E-state index contributed by atoms with van der Waals surface area (Å²) in [5.74, 6) is -0.285. The quantitative estimate of drug-likeness (QED) is 0.766. The molecule has 0 aliphatic carbocycles. The van der Waals surface area contributed by atoms with Crippen molar-refractivity contribution in [1.29, 1.82) is 0 Å². The lowest BCUT2D eigenvalue weighted by Crippen LogP contribution is -2.30. The van der Waals surface area contributed by atoms with Crippen LogP contribution >= 0.6 is 0 Å². The smallest absolute Gasteiger partial charge is 0.248 e. The molecule has 2 amide bonds. The molecular weight excluding hydrogens is 252 g/mol. The van der Waals surface area contributed by atoms with Gasteiger partial charge in [-0.2, -0.15) is 0 Å². The Balaban J connectivity index is 2.55. The fraction of sp³-hybridized carbons (Fsp3) is 0.500. The van der Waals surface area contributed by atoms with E-state index < -0.39 is 5.91 Å². The van der Waals surface area contributed by atoms with Crippen molar-refractivity contribution in [2.75, 3.05) is 0 Å². The van der Waals surface area contributed by atoms with E-state index in [0.717, 1.165) is 31.2 Å². The van der Waals surface area contributed by atoms with Crippen LogP contribution in [0.15, 0.2) is 24.3 Å². The number of primary amides is 1. The first-order valence-corrected chi connectivity index (χ1v) is 7.24. The van der Waals surface area contributed by atoms with Crippen LogP contribution in [-0.4, -0.2) is 11.8 Å². The summed E-state index contributed by atoms with van der Waals surface area (Å²) < 4.78 is 0. The van der Waals surface area contributed by atoms with Gasteiger partial charge in [0.1, 0.15) is 0 Å². The molecule has 20 heavy (non-hydrogen) atoms. The Kier molecular flexibility index (Phi) is 6.77. The molecule has 0 radical (unpaired) electrons. The number of unbranched alkanes of at least 4 members (excludes halogenated alkanes) is 1. The number of rotatable bonds is 8. The van der Waals surface area contributed by atoms with Crippen LogP contribution in [0.5, 0.6) is 0 Å². The molecule has 4 heteroatoms. The summed E-state index contributed by atoms with van der Waals surface area (Å²) in [6, 6.07) is 7.04. The van der Waals surface area contributed by atoms with Gasteiger partial charge >= 0.3 is 0 Å². The van der Waals surface area contributed by atoms with Gasteiger partial charge in [-0.05, 0) is 30.5 Å². The summed E-state index contributed by atoms with van der Waals surface area (Å²) in [6.07, 6.45) is 3.96. The Morgan fingerprint density at radius 1 is 1.30 bits per heavy atom. The minimum Gasteiger partial charge on any atom is -0.366 e. The normalized spacial score (nSPS) is 11.9. The Hall–Kier alpha value is -1.84. The largest absolute Gasteiger partial charge is 0.366 e. The lowest BCUT2D eigenvalue weighted by Gasteiger charge is -2.14. The van der Waals surface area contributed by atoms with E-state index in [4.69, 9.17) is 5.73 Å². The Labute approximate surface area is 120 Å². The highest BCUT2D eigenvalue weighted by molar-refractivity contribution is 5.92. The van der Waals surface area contributed by atoms with Gasteiger partial charge < -0.3 is 11.1 Å². The molecule has 0 spiro atoms. The van der Waals surface area contributed by atoms with Gasteiger partial charge in [-0.15, -0.1) is 0 Å². The Morgan fingerprint density at radius 2 is 2.05 bits per heavy atom. The van der Waals surface area contributed by atoms with Crippen molar-refractivity contribution >= 4 is 11.8 Å². The topological polar surface area (TPSA) is 72.2 Å². The molecular formula is C16H24N2O2. The standard InChI is InChI=1S/C16H24N2O2/c1-3-5-8-13(4-2)16(20)18-11-12-7-6-9-14(10-12)15(17)19/h6-7,9-10,13H,3-5,8,11H2,1-2H3,(H2,17,19)(H,18,20). The maximum absolute atomic E-state index is 12.1. The first-order chi connectivity index (χ1) is 9.58. The average Bonchev–Trinajstić information content (AvgIpc) is 2.46.